The maximum absolute atomic E-state index is 6.31. The number of hydrogen-bond donors (Lipinski definition) is 1. The molecule has 0 radical (unpaired) electrons. The predicted octanol–water partition coefficient (Wildman–Crippen LogP) is 4.62. The number of methoxy groups -OCH3 is 1. The zero-order valence-electron chi connectivity index (χ0n) is 11.7. The van der Waals surface area contributed by atoms with Gasteiger partial charge in [-0.05, 0) is 49.4 Å². The van der Waals surface area contributed by atoms with E-state index < -0.39 is 0 Å². The van der Waals surface area contributed by atoms with E-state index in [2.05, 4.69) is 11.4 Å². The van der Waals surface area contributed by atoms with Crippen molar-refractivity contribution in [2.24, 2.45) is 0 Å². The van der Waals surface area contributed by atoms with Crippen LogP contribution in [0.5, 0.6) is 5.75 Å². The molecule has 20 heavy (non-hydrogen) atoms. The lowest BCUT2D eigenvalue weighted by atomic mass is 9.97. The number of nitrogens with one attached hydrogen (secondary N) is 1. The fraction of sp³-hybridized carbons (Fsp3) is 0.250. The van der Waals surface area contributed by atoms with Crippen molar-refractivity contribution in [3.8, 4) is 5.75 Å². The largest absolute Gasteiger partial charge is 0.496 e. The van der Waals surface area contributed by atoms with Crippen molar-refractivity contribution in [2.45, 2.75) is 13.0 Å². The third-order valence-corrected chi connectivity index (χ3v) is 3.84. The van der Waals surface area contributed by atoms with Crippen LogP contribution in [0.2, 0.25) is 10.0 Å². The molecule has 2 aromatic carbocycles. The molecule has 4 heteroatoms. The Morgan fingerprint density at radius 3 is 2.45 bits per heavy atom. The fourth-order valence-electron chi connectivity index (χ4n) is 2.27. The molecule has 0 aliphatic carbocycles. The van der Waals surface area contributed by atoms with Gasteiger partial charge in [-0.1, -0.05) is 35.3 Å². The normalized spacial score (nSPS) is 12.2. The van der Waals surface area contributed by atoms with Gasteiger partial charge in [-0.15, -0.1) is 0 Å². The molecule has 0 saturated carbocycles. The Kier molecular flexibility index (Phi) is 4.92. The Balaban J connectivity index is 2.55. The molecule has 0 bridgehead atoms. The van der Waals surface area contributed by atoms with Crippen LogP contribution in [0.25, 0.3) is 0 Å². The molecule has 0 saturated heterocycles. The molecule has 0 aromatic heterocycles. The smallest absolute Gasteiger partial charge is 0.124 e. The second-order valence-electron chi connectivity index (χ2n) is 4.63. The van der Waals surface area contributed by atoms with Gasteiger partial charge >= 0.3 is 0 Å². The van der Waals surface area contributed by atoms with Gasteiger partial charge in [0.05, 0.1) is 13.2 Å². The van der Waals surface area contributed by atoms with Gasteiger partial charge in [-0.3, -0.25) is 0 Å². The Morgan fingerprint density at radius 1 is 1.05 bits per heavy atom. The Morgan fingerprint density at radius 2 is 1.80 bits per heavy atom. The molecular formula is C16H17Cl2NO. The summed E-state index contributed by atoms with van der Waals surface area (Å²) in [6.45, 7) is 2.03. The highest BCUT2D eigenvalue weighted by molar-refractivity contribution is 6.33. The Hall–Kier alpha value is -1.22. The second kappa shape index (κ2) is 6.49. The van der Waals surface area contributed by atoms with Crippen molar-refractivity contribution in [1.82, 2.24) is 5.32 Å². The van der Waals surface area contributed by atoms with Crippen LogP contribution in [-0.4, -0.2) is 14.2 Å². The first kappa shape index (κ1) is 15.2. The van der Waals surface area contributed by atoms with Gasteiger partial charge in [-0.25, -0.2) is 0 Å². The van der Waals surface area contributed by atoms with Gasteiger partial charge in [0.2, 0.25) is 0 Å². The summed E-state index contributed by atoms with van der Waals surface area (Å²) in [4.78, 5) is 0. The number of hydrogen-bond acceptors (Lipinski definition) is 2. The van der Waals surface area contributed by atoms with E-state index in [1.165, 1.54) is 0 Å². The van der Waals surface area contributed by atoms with Crippen LogP contribution in [0.3, 0.4) is 0 Å². The van der Waals surface area contributed by atoms with Crippen molar-refractivity contribution in [1.29, 1.82) is 0 Å². The highest BCUT2D eigenvalue weighted by Gasteiger charge is 2.19. The first-order chi connectivity index (χ1) is 9.56. The lowest BCUT2D eigenvalue weighted by molar-refractivity contribution is 0.405. The summed E-state index contributed by atoms with van der Waals surface area (Å²) in [7, 11) is 3.56. The number of halogens is 2. The topological polar surface area (TPSA) is 21.3 Å². The quantitative estimate of drug-likeness (QED) is 0.890. The van der Waals surface area contributed by atoms with Gasteiger partial charge in [0.25, 0.3) is 0 Å². The summed E-state index contributed by atoms with van der Waals surface area (Å²) < 4.78 is 5.48. The molecule has 0 heterocycles. The average molecular weight is 310 g/mol. The van der Waals surface area contributed by atoms with E-state index in [0.29, 0.717) is 10.0 Å². The van der Waals surface area contributed by atoms with E-state index in [4.69, 9.17) is 27.9 Å². The predicted molar refractivity (Wildman–Crippen MR) is 85.1 cm³/mol. The van der Waals surface area contributed by atoms with Crippen molar-refractivity contribution in [2.75, 3.05) is 14.2 Å². The van der Waals surface area contributed by atoms with Gasteiger partial charge < -0.3 is 10.1 Å². The van der Waals surface area contributed by atoms with Crippen LogP contribution in [-0.2, 0) is 0 Å². The van der Waals surface area contributed by atoms with E-state index in [1.807, 2.05) is 38.2 Å². The van der Waals surface area contributed by atoms with Crippen molar-refractivity contribution in [3.63, 3.8) is 0 Å². The number of benzene rings is 2. The van der Waals surface area contributed by atoms with E-state index in [9.17, 15) is 0 Å². The van der Waals surface area contributed by atoms with Crippen LogP contribution < -0.4 is 10.1 Å². The minimum atomic E-state index is -0.0725. The Labute approximate surface area is 129 Å². The molecule has 2 nitrogen and oxygen atoms in total. The molecule has 1 atom stereocenters. The zero-order valence-corrected chi connectivity index (χ0v) is 13.2. The highest BCUT2D eigenvalue weighted by Crippen LogP contribution is 2.35. The summed E-state index contributed by atoms with van der Waals surface area (Å²) in [5, 5.41) is 4.61. The maximum Gasteiger partial charge on any atom is 0.124 e. The van der Waals surface area contributed by atoms with Gasteiger partial charge in [0.15, 0.2) is 0 Å². The first-order valence-electron chi connectivity index (χ1n) is 6.33. The molecule has 0 aliphatic heterocycles. The molecule has 0 fully saturated rings. The molecule has 1 N–H and O–H groups in total. The van der Waals surface area contributed by atoms with E-state index in [-0.39, 0.29) is 6.04 Å². The van der Waals surface area contributed by atoms with Crippen molar-refractivity contribution >= 4 is 23.2 Å². The van der Waals surface area contributed by atoms with Crippen molar-refractivity contribution in [3.05, 3.63) is 63.1 Å². The summed E-state index contributed by atoms with van der Waals surface area (Å²) in [6, 6.07) is 11.5. The second-order valence-corrected chi connectivity index (χ2v) is 5.48. The molecule has 0 amide bonds. The molecule has 2 aromatic rings. The molecule has 1 unspecified atom stereocenters. The van der Waals surface area contributed by atoms with Crippen LogP contribution in [0.4, 0.5) is 0 Å². The highest BCUT2D eigenvalue weighted by atomic mass is 35.5. The molecule has 0 spiro atoms. The molecule has 0 aliphatic rings. The lowest BCUT2D eigenvalue weighted by Gasteiger charge is -2.21. The lowest BCUT2D eigenvalue weighted by Crippen LogP contribution is -2.19. The summed E-state index contributed by atoms with van der Waals surface area (Å²) in [6.07, 6.45) is 0. The van der Waals surface area contributed by atoms with Crippen LogP contribution in [0.1, 0.15) is 22.7 Å². The maximum atomic E-state index is 6.31. The van der Waals surface area contributed by atoms with Crippen molar-refractivity contribution < 1.29 is 4.74 Å². The zero-order chi connectivity index (χ0) is 14.7. The number of aryl methyl sites for hydroxylation is 1. The van der Waals surface area contributed by atoms with Crippen LogP contribution in [0.15, 0.2) is 36.4 Å². The SMILES string of the molecule is CNC(c1cc(Cl)ccc1Cl)c1ccc(C)cc1OC. The fourth-order valence-corrected chi connectivity index (χ4v) is 2.68. The Bertz CT molecular complexity index is 613. The van der Waals surface area contributed by atoms with Crippen LogP contribution >= 0.6 is 23.2 Å². The van der Waals surface area contributed by atoms with E-state index >= 15 is 0 Å². The minimum Gasteiger partial charge on any atom is -0.496 e. The number of rotatable bonds is 4. The minimum absolute atomic E-state index is 0.0725. The van der Waals surface area contributed by atoms with Gasteiger partial charge in [0.1, 0.15) is 5.75 Å². The molecule has 106 valence electrons. The van der Waals surface area contributed by atoms with Gasteiger partial charge in [0, 0.05) is 15.6 Å². The standard InChI is InChI=1S/C16H17Cl2NO/c1-10-4-6-12(15(8-10)20-3)16(19-2)13-9-11(17)5-7-14(13)18/h4-9,16,19H,1-3H3. The first-order valence-corrected chi connectivity index (χ1v) is 7.09. The monoisotopic (exact) mass is 309 g/mol. The average Bonchev–Trinajstić information content (AvgIpc) is 2.44. The summed E-state index contributed by atoms with van der Waals surface area (Å²) in [5.41, 5.74) is 3.12. The third kappa shape index (κ3) is 3.09. The summed E-state index contributed by atoms with van der Waals surface area (Å²) >= 11 is 12.4. The molecular weight excluding hydrogens is 293 g/mol. The van der Waals surface area contributed by atoms with E-state index in [0.717, 1.165) is 22.4 Å². The van der Waals surface area contributed by atoms with E-state index in [1.54, 1.807) is 13.2 Å². The number of ether oxygens (including phenoxy) is 1. The van der Waals surface area contributed by atoms with Crippen LogP contribution in [0, 0.1) is 6.92 Å². The van der Waals surface area contributed by atoms with Gasteiger partial charge in [-0.2, -0.15) is 0 Å². The molecule has 2 rings (SSSR count). The summed E-state index contributed by atoms with van der Waals surface area (Å²) in [5.74, 6) is 0.834. The third-order valence-electron chi connectivity index (χ3n) is 3.26.